The van der Waals surface area contributed by atoms with Crippen molar-refractivity contribution in [2.75, 3.05) is 21.3 Å². The number of imidazole rings is 1. The van der Waals surface area contributed by atoms with Gasteiger partial charge in [-0.2, -0.15) is 0 Å². The number of nitrogens with zero attached hydrogens (tertiary/aromatic N) is 2. The average molecular weight is 360 g/mol. The number of rotatable bonds is 5. The van der Waals surface area contributed by atoms with Crippen molar-refractivity contribution >= 4 is 10.8 Å². The smallest absolute Gasteiger partial charge is 0.203 e. The third-order valence-electron chi connectivity index (χ3n) is 4.58. The molecule has 27 heavy (non-hydrogen) atoms. The molecule has 0 fully saturated rings. The van der Waals surface area contributed by atoms with E-state index in [0.717, 1.165) is 16.9 Å². The van der Waals surface area contributed by atoms with Crippen LogP contribution in [0.15, 0.2) is 67.1 Å². The molecule has 136 valence electrons. The molecule has 4 rings (SSSR count). The van der Waals surface area contributed by atoms with Crippen molar-refractivity contribution in [1.29, 1.82) is 0 Å². The van der Waals surface area contributed by atoms with Gasteiger partial charge in [0.15, 0.2) is 11.5 Å². The van der Waals surface area contributed by atoms with Crippen LogP contribution < -0.4 is 14.2 Å². The van der Waals surface area contributed by atoms with Gasteiger partial charge in [-0.25, -0.2) is 4.98 Å². The van der Waals surface area contributed by atoms with Crippen LogP contribution in [0.5, 0.6) is 17.2 Å². The maximum absolute atomic E-state index is 5.44. The van der Waals surface area contributed by atoms with Crippen molar-refractivity contribution in [1.82, 2.24) is 9.55 Å². The second kappa shape index (κ2) is 7.03. The Bertz CT molecular complexity index is 1080. The summed E-state index contributed by atoms with van der Waals surface area (Å²) in [6.45, 7) is 0. The van der Waals surface area contributed by atoms with Crippen molar-refractivity contribution in [3.8, 4) is 34.2 Å². The lowest BCUT2D eigenvalue weighted by Gasteiger charge is -2.14. The maximum atomic E-state index is 5.44. The van der Waals surface area contributed by atoms with Gasteiger partial charge in [-0.3, -0.25) is 0 Å². The van der Waals surface area contributed by atoms with E-state index in [0.29, 0.717) is 17.2 Å². The predicted octanol–water partition coefficient (Wildman–Crippen LogP) is 4.72. The van der Waals surface area contributed by atoms with E-state index in [1.807, 2.05) is 35.0 Å². The minimum absolute atomic E-state index is 0.568. The van der Waals surface area contributed by atoms with E-state index in [1.54, 1.807) is 27.7 Å². The van der Waals surface area contributed by atoms with Gasteiger partial charge in [0.25, 0.3) is 0 Å². The van der Waals surface area contributed by atoms with Gasteiger partial charge >= 0.3 is 0 Å². The van der Waals surface area contributed by atoms with Crippen LogP contribution in [0.4, 0.5) is 0 Å². The number of benzene rings is 3. The summed E-state index contributed by atoms with van der Waals surface area (Å²) in [7, 11) is 4.81. The Morgan fingerprint density at radius 1 is 0.778 bits per heavy atom. The van der Waals surface area contributed by atoms with E-state index in [2.05, 4.69) is 35.3 Å². The topological polar surface area (TPSA) is 45.5 Å². The molecule has 3 aromatic carbocycles. The fourth-order valence-electron chi connectivity index (χ4n) is 3.18. The van der Waals surface area contributed by atoms with Crippen LogP contribution in [0.3, 0.4) is 0 Å². The molecule has 0 aliphatic heterocycles. The first-order valence-corrected chi connectivity index (χ1v) is 8.57. The van der Waals surface area contributed by atoms with E-state index >= 15 is 0 Å². The van der Waals surface area contributed by atoms with Crippen LogP contribution in [0.25, 0.3) is 27.7 Å². The third kappa shape index (κ3) is 3.08. The molecule has 0 atom stereocenters. The Balaban J connectivity index is 1.75. The largest absolute Gasteiger partial charge is 0.493 e. The molecule has 0 saturated heterocycles. The van der Waals surface area contributed by atoms with Crippen LogP contribution in [0, 0.1) is 0 Å². The van der Waals surface area contributed by atoms with Crippen LogP contribution in [-0.4, -0.2) is 30.9 Å². The molecule has 4 aromatic rings. The predicted molar refractivity (Wildman–Crippen MR) is 106 cm³/mol. The van der Waals surface area contributed by atoms with Crippen molar-refractivity contribution in [2.45, 2.75) is 0 Å². The molecule has 0 aliphatic rings. The fourth-order valence-corrected chi connectivity index (χ4v) is 3.18. The summed E-state index contributed by atoms with van der Waals surface area (Å²) in [6, 6.07) is 18.4. The SMILES string of the molecule is COc1cc(-n2cnc(-c3ccc4ccccc4c3)c2)cc(OC)c1OC. The fraction of sp³-hybridized carbons (Fsp3) is 0.136. The number of hydrogen-bond donors (Lipinski definition) is 0. The lowest BCUT2D eigenvalue weighted by atomic mass is 10.1. The Hall–Kier alpha value is -3.47. The van der Waals surface area contributed by atoms with Crippen LogP contribution >= 0.6 is 0 Å². The van der Waals surface area contributed by atoms with Gasteiger partial charge in [0, 0.05) is 23.9 Å². The van der Waals surface area contributed by atoms with Gasteiger partial charge in [-0.05, 0) is 16.8 Å². The molecule has 5 heteroatoms. The zero-order valence-corrected chi connectivity index (χ0v) is 15.5. The maximum Gasteiger partial charge on any atom is 0.203 e. The zero-order chi connectivity index (χ0) is 18.8. The van der Waals surface area contributed by atoms with Crippen molar-refractivity contribution in [2.24, 2.45) is 0 Å². The lowest BCUT2D eigenvalue weighted by Crippen LogP contribution is -1.98. The number of hydrogen-bond acceptors (Lipinski definition) is 4. The normalized spacial score (nSPS) is 10.8. The van der Waals surface area contributed by atoms with E-state index in [1.165, 1.54) is 10.8 Å². The quantitative estimate of drug-likeness (QED) is 0.517. The summed E-state index contributed by atoms with van der Waals surface area (Å²) in [5.41, 5.74) is 2.85. The van der Waals surface area contributed by atoms with Gasteiger partial charge in [0.1, 0.15) is 0 Å². The summed E-state index contributed by atoms with van der Waals surface area (Å²) in [6.07, 6.45) is 3.77. The van der Waals surface area contributed by atoms with E-state index in [4.69, 9.17) is 14.2 Å². The van der Waals surface area contributed by atoms with Gasteiger partial charge in [0.05, 0.1) is 39.0 Å². The Labute approximate surface area is 157 Å². The Morgan fingerprint density at radius 2 is 1.48 bits per heavy atom. The molecule has 0 unspecified atom stereocenters. The molecule has 0 radical (unpaired) electrons. The van der Waals surface area contributed by atoms with E-state index in [-0.39, 0.29) is 0 Å². The number of ether oxygens (including phenoxy) is 3. The third-order valence-corrected chi connectivity index (χ3v) is 4.58. The minimum Gasteiger partial charge on any atom is -0.493 e. The highest BCUT2D eigenvalue weighted by atomic mass is 16.5. The molecular formula is C22H20N2O3. The highest BCUT2D eigenvalue weighted by Gasteiger charge is 2.14. The molecule has 0 aliphatic carbocycles. The highest BCUT2D eigenvalue weighted by Crippen LogP contribution is 2.39. The molecule has 5 nitrogen and oxygen atoms in total. The first-order chi connectivity index (χ1) is 13.2. The Kier molecular flexibility index (Phi) is 4.42. The molecule has 0 saturated carbocycles. The molecule has 0 amide bonds. The lowest BCUT2D eigenvalue weighted by molar-refractivity contribution is 0.324. The molecular weight excluding hydrogens is 340 g/mol. The van der Waals surface area contributed by atoms with E-state index in [9.17, 15) is 0 Å². The first-order valence-electron chi connectivity index (χ1n) is 8.57. The van der Waals surface area contributed by atoms with Crippen LogP contribution in [-0.2, 0) is 0 Å². The second-order valence-corrected chi connectivity index (χ2v) is 6.11. The van der Waals surface area contributed by atoms with Crippen LogP contribution in [0.2, 0.25) is 0 Å². The minimum atomic E-state index is 0.568. The van der Waals surface area contributed by atoms with Crippen molar-refractivity contribution in [3.05, 3.63) is 67.1 Å². The number of fused-ring (bicyclic) bond motifs is 1. The summed E-state index contributed by atoms with van der Waals surface area (Å²) in [5, 5.41) is 2.41. The average Bonchev–Trinajstić information content (AvgIpc) is 3.22. The van der Waals surface area contributed by atoms with Gasteiger partial charge in [0.2, 0.25) is 5.75 Å². The summed E-state index contributed by atoms with van der Waals surface area (Å²) < 4.78 is 18.2. The number of aromatic nitrogens is 2. The summed E-state index contributed by atoms with van der Waals surface area (Å²) in [5.74, 6) is 1.78. The van der Waals surface area contributed by atoms with Crippen molar-refractivity contribution < 1.29 is 14.2 Å². The zero-order valence-electron chi connectivity index (χ0n) is 15.5. The first kappa shape index (κ1) is 17.0. The van der Waals surface area contributed by atoms with Gasteiger partial charge in [-0.1, -0.05) is 36.4 Å². The second-order valence-electron chi connectivity index (χ2n) is 6.11. The standard InChI is InChI=1S/C22H20N2O3/c1-25-20-11-18(12-21(26-2)22(20)27-3)24-13-19(23-14-24)17-9-8-15-6-4-5-7-16(15)10-17/h4-14H,1-3H3. The molecule has 0 bridgehead atoms. The Morgan fingerprint density at radius 3 is 2.15 bits per heavy atom. The summed E-state index contributed by atoms with van der Waals surface area (Å²) in [4.78, 5) is 4.57. The van der Waals surface area contributed by atoms with Crippen LogP contribution in [0.1, 0.15) is 0 Å². The monoisotopic (exact) mass is 360 g/mol. The molecule has 0 spiro atoms. The molecule has 0 N–H and O–H groups in total. The summed E-state index contributed by atoms with van der Waals surface area (Å²) >= 11 is 0. The highest BCUT2D eigenvalue weighted by molar-refractivity contribution is 5.86. The van der Waals surface area contributed by atoms with Gasteiger partial charge < -0.3 is 18.8 Å². The molecule has 1 heterocycles. The van der Waals surface area contributed by atoms with Crippen molar-refractivity contribution in [3.63, 3.8) is 0 Å². The molecule has 1 aromatic heterocycles. The van der Waals surface area contributed by atoms with E-state index < -0.39 is 0 Å². The number of methoxy groups -OCH3 is 3. The van der Waals surface area contributed by atoms with Gasteiger partial charge in [-0.15, -0.1) is 0 Å².